The highest BCUT2D eigenvalue weighted by Crippen LogP contribution is 2.27. The van der Waals surface area contributed by atoms with Gasteiger partial charge in [-0.25, -0.2) is 4.98 Å². The van der Waals surface area contributed by atoms with Crippen molar-refractivity contribution in [3.05, 3.63) is 40.2 Å². The van der Waals surface area contributed by atoms with Crippen molar-refractivity contribution in [1.82, 2.24) is 4.98 Å². The van der Waals surface area contributed by atoms with Crippen LogP contribution in [0.15, 0.2) is 33.2 Å². The number of nitrogens with zero attached hydrogens (tertiary/aromatic N) is 1. The third kappa shape index (κ3) is 2.58. The minimum absolute atomic E-state index is 0.117. The average Bonchev–Trinajstić information content (AvgIpc) is 2.73. The Bertz CT molecular complexity index is 520. The molecule has 1 aromatic carbocycles. The molecule has 1 N–H and O–H groups in total. The molecule has 0 amide bonds. The zero-order valence-electron chi connectivity index (χ0n) is 9.77. The van der Waals surface area contributed by atoms with Crippen LogP contribution in [-0.4, -0.2) is 10.1 Å². The van der Waals surface area contributed by atoms with E-state index in [1.807, 2.05) is 38.1 Å². The molecular weight excluding hydrogens is 282 g/mol. The van der Waals surface area contributed by atoms with Crippen molar-refractivity contribution in [2.24, 2.45) is 0 Å². The van der Waals surface area contributed by atoms with E-state index >= 15 is 0 Å². The molecule has 90 valence electrons. The highest BCUT2D eigenvalue weighted by Gasteiger charge is 2.16. The van der Waals surface area contributed by atoms with Crippen molar-refractivity contribution in [3.8, 4) is 11.5 Å². The molecule has 17 heavy (non-hydrogen) atoms. The van der Waals surface area contributed by atoms with Gasteiger partial charge in [-0.3, -0.25) is 0 Å². The van der Waals surface area contributed by atoms with Crippen LogP contribution in [0.1, 0.15) is 31.2 Å². The molecule has 0 bridgehead atoms. The highest BCUT2D eigenvalue weighted by molar-refractivity contribution is 9.10. The minimum atomic E-state index is -0.117. The van der Waals surface area contributed by atoms with Crippen molar-refractivity contribution in [1.29, 1.82) is 0 Å². The summed E-state index contributed by atoms with van der Waals surface area (Å²) in [6.07, 6.45) is 0. The zero-order valence-corrected chi connectivity index (χ0v) is 11.4. The molecule has 1 aromatic heterocycles. The quantitative estimate of drug-likeness (QED) is 0.939. The number of aliphatic hydroxyl groups is 1. The molecule has 0 atom stereocenters. The van der Waals surface area contributed by atoms with Crippen LogP contribution in [0.2, 0.25) is 0 Å². The maximum Gasteiger partial charge on any atom is 0.226 e. The summed E-state index contributed by atoms with van der Waals surface area (Å²) in [5.74, 6) is 1.34. The van der Waals surface area contributed by atoms with E-state index in [4.69, 9.17) is 4.42 Å². The van der Waals surface area contributed by atoms with Crippen molar-refractivity contribution < 1.29 is 9.52 Å². The number of oxazole rings is 1. The van der Waals surface area contributed by atoms with Gasteiger partial charge in [-0.1, -0.05) is 35.8 Å². The van der Waals surface area contributed by atoms with Crippen LogP contribution < -0.4 is 0 Å². The third-order valence-corrected chi connectivity index (χ3v) is 2.98. The first-order valence-corrected chi connectivity index (χ1v) is 6.27. The largest absolute Gasteiger partial charge is 0.438 e. The molecule has 0 saturated carbocycles. The molecule has 0 spiro atoms. The number of aromatic nitrogens is 1. The summed E-state index contributed by atoms with van der Waals surface area (Å²) in [7, 11) is 0. The van der Waals surface area contributed by atoms with Crippen LogP contribution >= 0.6 is 15.9 Å². The standard InChI is InChI=1S/C13H14BrNO2/c1-8(2)12-11(7-16)17-13(15-12)9-4-3-5-10(14)6-9/h3-6,8,16H,7H2,1-2H3. The second-order valence-electron chi connectivity index (χ2n) is 4.15. The van der Waals surface area contributed by atoms with Crippen LogP contribution in [0, 0.1) is 0 Å². The topological polar surface area (TPSA) is 46.3 Å². The van der Waals surface area contributed by atoms with Gasteiger partial charge in [-0.05, 0) is 24.1 Å². The Balaban J connectivity index is 2.46. The van der Waals surface area contributed by atoms with Gasteiger partial charge >= 0.3 is 0 Å². The fourth-order valence-corrected chi connectivity index (χ4v) is 2.07. The Morgan fingerprint density at radius 2 is 2.18 bits per heavy atom. The predicted molar refractivity (Wildman–Crippen MR) is 69.7 cm³/mol. The van der Waals surface area contributed by atoms with Gasteiger partial charge in [0.2, 0.25) is 5.89 Å². The van der Waals surface area contributed by atoms with E-state index in [0.717, 1.165) is 15.7 Å². The Morgan fingerprint density at radius 1 is 1.41 bits per heavy atom. The number of halogens is 1. The molecule has 4 heteroatoms. The van der Waals surface area contributed by atoms with E-state index in [-0.39, 0.29) is 12.5 Å². The average molecular weight is 296 g/mol. The normalized spacial score (nSPS) is 11.1. The lowest BCUT2D eigenvalue weighted by Crippen LogP contribution is -1.93. The summed E-state index contributed by atoms with van der Waals surface area (Å²) in [6.45, 7) is 3.94. The summed E-state index contributed by atoms with van der Waals surface area (Å²) in [5, 5.41) is 9.24. The molecule has 0 aliphatic carbocycles. The molecular formula is C13H14BrNO2. The Kier molecular flexibility index (Phi) is 3.64. The van der Waals surface area contributed by atoms with Gasteiger partial charge in [0.15, 0.2) is 5.76 Å². The van der Waals surface area contributed by atoms with Crippen molar-refractivity contribution in [2.75, 3.05) is 0 Å². The molecule has 3 nitrogen and oxygen atoms in total. The number of benzene rings is 1. The Morgan fingerprint density at radius 3 is 2.71 bits per heavy atom. The number of hydrogen-bond donors (Lipinski definition) is 1. The number of rotatable bonds is 3. The first-order chi connectivity index (χ1) is 8.11. The molecule has 2 aromatic rings. The summed E-state index contributed by atoms with van der Waals surface area (Å²) >= 11 is 3.41. The van der Waals surface area contributed by atoms with Gasteiger partial charge < -0.3 is 9.52 Å². The summed E-state index contributed by atoms with van der Waals surface area (Å²) in [5.41, 5.74) is 1.73. The predicted octanol–water partition coefficient (Wildman–Crippen LogP) is 3.72. The fraction of sp³-hybridized carbons (Fsp3) is 0.308. The first kappa shape index (κ1) is 12.3. The van der Waals surface area contributed by atoms with Crippen molar-refractivity contribution >= 4 is 15.9 Å². The fourth-order valence-electron chi connectivity index (χ4n) is 1.67. The van der Waals surface area contributed by atoms with E-state index in [9.17, 15) is 5.11 Å². The van der Waals surface area contributed by atoms with Crippen LogP contribution in [0.3, 0.4) is 0 Å². The van der Waals surface area contributed by atoms with E-state index in [1.165, 1.54) is 0 Å². The van der Waals surface area contributed by atoms with E-state index in [0.29, 0.717) is 11.7 Å². The number of aliphatic hydroxyl groups excluding tert-OH is 1. The Labute approximate surface area is 109 Å². The SMILES string of the molecule is CC(C)c1nc(-c2cccc(Br)c2)oc1CO. The lowest BCUT2D eigenvalue weighted by Gasteiger charge is -1.99. The monoisotopic (exact) mass is 295 g/mol. The van der Waals surface area contributed by atoms with Gasteiger partial charge in [0.05, 0.1) is 5.69 Å². The zero-order chi connectivity index (χ0) is 12.4. The molecule has 0 unspecified atom stereocenters. The van der Waals surface area contributed by atoms with E-state index in [1.54, 1.807) is 0 Å². The molecule has 0 saturated heterocycles. The molecule has 0 aliphatic rings. The summed E-state index contributed by atoms with van der Waals surface area (Å²) in [6, 6.07) is 7.75. The number of hydrogen-bond acceptors (Lipinski definition) is 3. The molecule has 0 aliphatic heterocycles. The van der Waals surface area contributed by atoms with Crippen molar-refractivity contribution in [3.63, 3.8) is 0 Å². The van der Waals surface area contributed by atoms with Crippen LogP contribution in [0.5, 0.6) is 0 Å². The Hall–Kier alpha value is -1.13. The van der Waals surface area contributed by atoms with Gasteiger partial charge in [0.1, 0.15) is 6.61 Å². The van der Waals surface area contributed by atoms with E-state index in [2.05, 4.69) is 20.9 Å². The van der Waals surface area contributed by atoms with Gasteiger partial charge in [0.25, 0.3) is 0 Å². The maximum atomic E-state index is 9.24. The lowest BCUT2D eigenvalue weighted by molar-refractivity contribution is 0.246. The third-order valence-electron chi connectivity index (χ3n) is 2.49. The second-order valence-corrected chi connectivity index (χ2v) is 5.07. The van der Waals surface area contributed by atoms with Gasteiger partial charge in [0, 0.05) is 10.0 Å². The van der Waals surface area contributed by atoms with Gasteiger partial charge in [-0.2, -0.15) is 0 Å². The molecule has 1 heterocycles. The van der Waals surface area contributed by atoms with Crippen LogP contribution in [0.25, 0.3) is 11.5 Å². The molecule has 0 radical (unpaired) electrons. The van der Waals surface area contributed by atoms with Crippen molar-refractivity contribution in [2.45, 2.75) is 26.4 Å². The minimum Gasteiger partial charge on any atom is -0.438 e. The lowest BCUT2D eigenvalue weighted by atomic mass is 10.1. The van der Waals surface area contributed by atoms with Crippen LogP contribution in [-0.2, 0) is 6.61 Å². The smallest absolute Gasteiger partial charge is 0.226 e. The van der Waals surface area contributed by atoms with E-state index < -0.39 is 0 Å². The highest BCUT2D eigenvalue weighted by atomic mass is 79.9. The first-order valence-electron chi connectivity index (χ1n) is 5.48. The molecule has 2 rings (SSSR count). The second kappa shape index (κ2) is 5.02. The summed E-state index contributed by atoms with van der Waals surface area (Å²) < 4.78 is 6.56. The van der Waals surface area contributed by atoms with Gasteiger partial charge in [-0.15, -0.1) is 0 Å². The maximum absolute atomic E-state index is 9.24. The van der Waals surface area contributed by atoms with Crippen LogP contribution in [0.4, 0.5) is 0 Å². The molecule has 0 fully saturated rings. The summed E-state index contributed by atoms with van der Waals surface area (Å²) in [4.78, 5) is 4.44.